The summed E-state index contributed by atoms with van der Waals surface area (Å²) in [5.41, 5.74) is -1.46. The van der Waals surface area contributed by atoms with Crippen LogP contribution in [0.4, 0.5) is 0 Å². The maximum atomic E-state index is 11.5. The average molecular weight is 256 g/mol. The van der Waals surface area contributed by atoms with Gasteiger partial charge in [0.2, 0.25) is 0 Å². The van der Waals surface area contributed by atoms with Gasteiger partial charge in [0.05, 0.1) is 6.04 Å². The summed E-state index contributed by atoms with van der Waals surface area (Å²) in [6.45, 7) is 1.56. The summed E-state index contributed by atoms with van der Waals surface area (Å²) >= 11 is 0. The Balaban J connectivity index is 0.00000128. The van der Waals surface area contributed by atoms with Gasteiger partial charge in [-0.25, -0.2) is 12.7 Å². The standard InChI is InChI=1S/C7H10N2O5S.Na/c1-4(10)7-5(2-3-8-7)9(6(7)11)15(12,13)14;/h5,8H,2-3H2,1H3,(H,12,13,14);/q;+1/p-1. The number of β-lactam (4-membered cyclic amide) rings is 1. The second-order valence-corrected chi connectivity index (χ2v) is 4.90. The van der Waals surface area contributed by atoms with Gasteiger partial charge >= 0.3 is 29.6 Å². The SMILES string of the molecule is CC(=O)C12NCCC1N(S(=O)(=O)[O-])C2=O.[Na+]. The van der Waals surface area contributed by atoms with Crippen LogP contribution < -0.4 is 34.9 Å². The fourth-order valence-corrected chi connectivity index (χ4v) is 3.19. The van der Waals surface area contributed by atoms with E-state index in [4.69, 9.17) is 0 Å². The summed E-state index contributed by atoms with van der Waals surface area (Å²) < 4.78 is 32.5. The van der Waals surface area contributed by atoms with Crippen molar-refractivity contribution in [3.8, 4) is 0 Å². The monoisotopic (exact) mass is 256 g/mol. The molecule has 2 atom stereocenters. The molecule has 2 fully saturated rings. The van der Waals surface area contributed by atoms with Gasteiger partial charge in [-0.3, -0.25) is 14.9 Å². The normalized spacial score (nSPS) is 32.8. The number of amides is 1. The maximum absolute atomic E-state index is 11.5. The minimum atomic E-state index is -4.80. The van der Waals surface area contributed by atoms with Gasteiger partial charge in [0.25, 0.3) is 5.91 Å². The Hall–Kier alpha value is 0.01000. The van der Waals surface area contributed by atoms with Crippen molar-refractivity contribution in [1.29, 1.82) is 0 Å². The van der Waals surface area contributed by atoms with Gasteiger partial charge < -0.3 is 4.55 Å². The molecule has 0 spiro atoms. The van der Waals surface area contributed by atoms with Crippen molar-refractivity contribution in [2.75, 3.05) is 6.54 Å². The summed E-state index contributed by atoms with van der Waals surface area (Å²) in [6.07, 6.45) is 0.298. The Labute approximate surface area is 115 Å². The number of hydrogen-bond donors (Lipinski definition) is 1. The summed E-state index contributed by atoms with van der Waals surface area (Å²) in [6, 6.07) is -0.843. The zero-order chi connectivity index (χ0) is 11.4. The van der Waals surface area contributed by atoms with Crippen LogP contribution in [-0.2, 0) is 19.9 Å². The zero-order valence-electron chi connectivity index (χ0n) is 8.89. The van der Waals surface area contributed by atoms with E-state index in [0.717, 1.165) is 0 Å². The maximum Gasteiger partial charge on any atom is 1.00 e. The van der Waals surface area contributed by atoms with E-state index in [0.29, 0.717) is 13.0 Å². The summed E-state index contributed by atoms with van der Waals surface area (Å²) in [5, 5.41) is 2.68. The Kier molecular flexibility index (Phi) is 3.55. The van der Waals surface area contributed by atoms with Crippen LogP contribution in [0.2, 0.25) is 0 Å². The van der Waals surface area contributed by atoms with Crippen molar-refractivity contribution < 1.29 is 52.1 Å². The van der Waals surface area contributed by atoms with E-state index in [-0.39, 0.29) is 33.9 Å². The Morgan fingerprint density at radius 3 is 2.62 bits per heavy atom. The second kappa shape index (κ2) is 4.04. The average Bonchev–Trinajstić information content (AvgIpc) is 2.41. The zero-order valence-corrected chi connectivity index (χ0v) is 11.7. The molecule has 1 N–H and O–H groups in total. The van der Waals surface area contributed by atoms with Crippen molar-refractivity contribution in [1.82, 2.24) is 9.62 Å². The smallest absolute Gasteiger partial charge is 0.731 e. The number of rotatable bonds is 2. The molecule has 1 amide bonds. The van der Waals surface area contributed by atoms with Crippen molar-refractivity contribution >= 4 is 22.0 Å². The number of ketones is 1. The summed E-state index contributed by atoms with van der Waals surface area (Å²) in [4.78, 5) is 22.8. The van der Waals surface area contributed by atoms with Crippen LogP contribution in [0.3, 0.4) is 0 Å². The van der Waals surface area contributed by atoms with Gasteiger partial charge in [0.1, 0.15) is 0 Å². The first-order chi connectivity index (χ1) is 6.82. The number of nitrogens with one attached hydrogen (secondary N) is 1. The number of hydrogen-bond acceptors (Lipinski definition) is 6. The molecular weight excluding hydrogens is 247 g/mol. The van der Waals surface area contributed by atoms with E-state index in [2.05, 4.69) is 5.32 Å². The molecule has 2 rings (SSSR count). The van der Waals surface area contributed by atoms with Gasteiger partial charge in [-0.05, 0) is 19.9 Å². The largest absolute Gasteiger partial charge is 1.00 e. The third kappa shape index (κ3) is 1.56. The first-order valence-electron chi connectivity index (χ1n) is 4.37. The molecular formula is C7H9N2NaO5S. The van der Waals surface area contributed by atoms with Crippen LogP contribution in [0, 0.1) is 0 Å². The molecule has 0 saturated carbocycles. The fraction of sp³-hybridized carbons (Fsp3) is 0.714. The molecule has 2 heterocycles. The molecule has 7 nitrogen and oxygen atoms in total. The van der Waals surface area contributed by atoms with E-state index < -0.39 is 33.6 Å². The quantitative estimate of drug-likeness (QED) is 0.229. The Morgan fingerprint density at radius 1 is 1.62 bits per heavy atom. The third-order valence-electron chi connectivity index (χ3n) is 2.94. The predicted octanol–water partition coefficient (Wildman–Crippen LogP) is -5.02. The van der Waals surface area contributed by atoms with E-state index in [1.54, 1.807) is 0 Å². The Bertz CT molecular complexity index is 450. The summed E-state index contributed by atoms with van der Waals surface area (Å²) in [7, 11) is -4.80. The molecule has 2 saturated heterocycles. The minimum Gasteiger partial charge on any atom is -0.731 e. The van der Waals surface area contributed by atoms with E-state index >= 15 is 0 Å². The molecule has 9 heteroatoms. The van der Waals surface area contributed by atoms with Gasteiger partial charge in [0.15, 0.2) is 21.6 Å². The van der Waals surface area contributed by atoms with E-state index in [1.807, 2.05) is 0 Å². The van der Waals surface area contributed by atoms with Crippen LogP contribution in [-0.4, -0.2) is 47.1 Å². The van der Waals surface area contributed by atoms with E-state index in [9.17, 15) is 22.6 Å². The molecule has 0 aliphatic carbocycles. The molecule has 84 valence electrons. The van der Waals surface area contributed by atoms with Gasteiger partial charge in [-0.1, -0.05) is 0 Å². The van der Waals surface area contributed by atoms with Crippen molar-refractivity contribution in [2.24, 2.45) is 0 Å². The van der Waals surface area contributed by atoms with E-state index in [1.165, 1.54) is 6.92 Å². The van der Waals surface area contributed by atoms with Crippen LogP contribution in [0.15, 0.2) is 0 Å². The number of carbonyl (C=O) groups excluding carboxylic acids is 2. The molecule has 2 aliphatic heterocycles. The molecule has 0 radical (unpaired) electrons. The molecule has 2 unspecified atom stereocenters. The molecule has 0 aromatic carbocycles. The minimum absolute atomic E-state index is 0. The van der Waals surface area contributed by atoms with Gasteiger partial charge in [-0.2, -0.15) is 0 Å². The first kappa shape index (κ1) is 14.1. The second-order valence-electron chi connectivity index (χ2n) is 3.65. The van der Waals surface area contributed by atoms with Crippen molar-refractivity contribution in [3.63, 3.8) is 0 Å². The molecule has 2 aliphatic rings. The Morgan fingerprint density at radius 2 is 2.19 bits per heavy atom. The fourth-order valence-electron chi connectivity index (χ4n) is 2.27. The number of fused-ring (bicyclic) bond motifs is 1. The molecule has 16 heavy (non-hydrogen) atoms. The van der Waals surface area contributed by atoms with Crippen LogP contribution in [0.25, 0.3) is 0 Å². The van der Waals surface area contributed by atoms with Crippen LogP contribution >= 0.6 is 0 Å². The molecule has 0 aromatic heterocycles. The summed E-state index contributed by atoms with van der Waals surface area (Å²) in [5.74, 6) is -1.40. The first-order valence-corrected chi connectivity index (χ1v) is 5.74. The topological polar surface area (TPSA) is 107 Å². The van der Waals surface area contributed by atoms with Gasteiger partial charge in [0, 0.05) is 0 Å². The number of Topliss-reactive ketones (excluding diaryl/α,β-unsaturated/α-hetero) is 1. The number of nitrogens with zero attached hydrogens (tertiary/aromatic N) is 1. The van der Waals surface area contributed by atoms with Crippen molar-refractivity contribution in [2.45, 2.75) is 24.9 Å². The molecule has 0 bridgehead atoms. The van der Waals surface area contributed by atoms with Crippen LogP contribution in [0.1, 0.15) is 13.3 Å². The predicted molar refractivity (Wildman–Crippen MR) is 46.4 cm³/mol. The number of carbonyl (C=O) groups is 2. The van der Waals surface area contributed by atoms with Gasteiger partial charge in [-0.15, -0.1) is 0 Å². The van der Waals surface area contributed by atoms with Crippen LogP contribution in [0.5, 0.6) is 0 Å². The molecule has 0 aromatic rings. The third-order valence-corrected chi connectivity index (χ3v) is 3.84. The van der Waals surface area contributed by atoms with Crippen molar-refractivity contribution in [3.05, 3.63) is 0 Å².